The predicted octanol–water partition coefficient (Wildman–Crippen LogP) is 1.30. The number of benzene rings is 2. The van der Waals surface area contributed by atoms with Crippen LogP contribution < -0.4 is 5.48 Å². The first-order chi connectivity index (χ1) is 12.5. The van der Waals surface area contributed by atoms with Gasteiger partial charge in [0, 0.05) is 23.2 Å². The van der Waals surface area contributed by atoms with Gasteiger partial charge in [0.15, 0.2) is 0 Å². The first kappa shape index (κ1) is 17.7. The average Bonchev–Trinajstić information content (AvgIpc) is 2.96. The Hall–Kier alpha value is -3.14. The molecule has 2 aromatic carbocycles. The monoisotopic (exact) mass is 350 g/mol. The highest BCUT2D eigenvalue weighted by atomic mass is 16.5. The van der Waals surface area contributed by atoms with E-state index < -0.39 is 18.1 Å². The van der Waals surface area contributed by atoms with Crippen molar-refractivity contribution in [1.29, 1.82) is 0 Å². The molecule has 0 bridgehead atoms. The maximum absolute atomic E-state index is 12.6. The van der Waals surface area contributed by atoms with Crippen LogP contribution in [0.2, 0.25) is 0 Å². The quantitative estimate of drug-likeness (QED) is 0.442. The lowest BCUT2D eigenvalue weighted by Crippen LogP contribution is -2.52. The molecule has 0 aromatic heterocycles. The third kappa shape index (κ3) is 3.45. The molecule has 0 unspecified atom stereocenters. The van der Waals surface area contributed by atoms with Crippen molar-refractivity contribution in [2.75, 3.05) is 0 Å². The summed E-state index contributed by atoms with van der Waals surface area (Å²) < 4.78 is 0. The van der Waals surface area contributed by atoms with Gasteiger partial charge in [0.05, 0.1) is 6.10 Å². The molecule has 3 rings (SSSR count). The molecule has 2 aromatic rings. The van der Waals surface area contributed by atoms with Crippen LogP contribution in [0.25, 0.3) is 0 Å². The molecule has 0 saturated carbocycles. The molecule has 2 amide bonds. The Bertz CT molecular complexity index is 897. The number of amides is 2. The Morgan fingerprint density at radius 1 is 1.15 bits per heavy atom. The number of hydrogen-bond acceptors (Lipinski definition) is 4. The van der Waals surface area contributed by atoms with Crippen LogP contribution in [0.4, 0.5) is 0 Å². The molecule has 0 fully saturated rings. The van der Waals surface area contributed by atoms with Crippen LogP contribution in [0.15, 0.2) is 48.5 Å². The lowest BCUT2D eigenvalue weighted by atomic mass is 10.1. The van der Waals surface area contributed by atoms with Crippen molar-refractivity contribution in [2.45, 2.75) is 25.6 Å². The van der Waals surface area contributed by atoms with Gasteiger partial charge >= 0.3 is 0 Å². The van der Waals surface area contributed by atoms with Crippen LogP contribution in [0.3, 0.4) is 0 Å². The molecule has 1 aliphatic rings. The minimum absolute atomic E-state index is 0.165. The second-order valence-corrected chi connectivity index (χ2v) is 6.08. The van der Waals surface area contributed by atoms with Gasteiger partial charge in [0.1, 0.15) is 6.04 Å². The fraction of sp³-hybridized carbons (Fsp3) is 0.200. The summed E-state index contributed by atoms with van der Waals surface area (Å²) in [6.07, 6.45) is -1.13. The van der Waals surface area contributed by atoms with E-state index in [-0.39, 0.29) is 12.5 Å². The van der Waals surface area contributed by atoms with Crippen LogP contribution in [0.1, 0.15) is 34.0 Å². The number of nitrogens with one attached hydrogen (secondary N) is 1. The summed E-state index contributed by atoms with van der Waals surface area (Å²) >= 11 is 0. The Morgan fingerprint density at radius 3 is 2.50 bits per heavy atom. The molecule has 6 heteroatoms. The van der Waals surface area contributed by atoms with Gasteiger partial charge in [-0.05, 0) is 42.8 Å². The van der Waals surface area contributed by atoms with Crippen molar-refractivity contribution in [3.63, 3.8) is 0 Å². The molecule has 132 valence electrons. The largest absolute Gasteiger partial charge is 0.391 e. The van der Waals surface area contributed by atoms with Crippen LogP contribution in [0, 0.1) is 11.8 Å². The SMILES string of the molecule is C[C@@H](O)[C@H](C(=O)NO)N1Cc2cc(C#Cc3ccccc3)ccc2C1=O. The van der Waals surface area contributed by atoms with E-state index in [1.165, 1.54) is 17.3 Å². The molecule has 1 heterocycles. The molecule has 2 atom stereocenters. The van der Waals surface area contributed by atoms with Gasteiger partial charge in [0.25, 0.3) is 11.8 Å². The van der Waals surface area contributed by atoms with E-state index in [4.69, 9.17) is 5.21 Å². The summed E-state index contributed by atoms with van der Waals surface area (Å²) in [4.78, 5) is 25.6. The van der Waals surface area contributed by atoms with E-state index in [9.17, 15) is 14.7 Å². The maximum Gasteiger partial charge on any atom is 0.268 e. The third-order valence-corrected chi connectivity index (χ3v) is 4.23. The summed E-state index contributed by atoms with van der Waals surface area (Å²) in [6, 6.07) is 13.6. The smallest absolute Gasteiger partial charge is 0.268 e. The highest BCUT2D eigenvalue weighted by Crippen LogP contribution is 2.26. The van der Waals surface area contributed by atoms with Gasteiger partial charge in [-0.2, -0.15) is 0 Å². The Kier molecular flexibility index (Phi) is 5.03. The van der Waals surface area contributed by atoms with Gasteiger partial charge < -0.3 is 10.0 Å². The van der Waals surface area contributed by atoms with Crippen LogP contribution in [-0.4, -0.2) is 39.2 Å². The van der Waals surface area contributed by atoms with Crippen molar-refractivity contribution in [3.8, 4) is 11.8 Å². The summed E-state index contributed by atoms with van der Waals surface area (Å²) in [5, 5.41) is 18.7. The highest BCUT2D eigenvalue weighted by molar-refractivity contribution is 6.01. The standard InChI is InChI=1S/C20H18N2O4/c1-13(23)18(19(24)21-26)22-12-16-11-15(9-10-17(16)20(22)25)8-7-14-5-3-2-4-6-14/h2-6,9-11,13,18,23,26H,12H2,1H3,(H,21,24)/t13-,18-/m1/s1. The van der Waals surface area contributed by atoms with E-state index in [1.807, 2.05) is 30.3 Å². The Balaban J connectivity index is 1.87. The van der Waals surface area contributed by atoms with Crippen LogP contribution in [-0.2, 0) is 11.3 Å². The van der Waals surface area contributed by atoms with E-state index >= 15 is 0 Å². The molecule has 6 nitrogen and oxygen atoms in total. The van der Waals surface area contributed by atoms with Gasteiger partial charge in [0.2, 0.25) is 0 Å². The number of hydrogen-bond donors (Lipinski definition) is 3. The van der Waals surface area contributed by atoms with Gasteiger partial charge in [-0.1, -0.05) is 30.0 Å². The average molecular weight is 350 g/mol. The number of hydroxylamine groups is 1. The molecule has 0 radical (unpaired) electrons. The third-order valence-electron chi connectivity index (χ3n) is 4.23. The fourth-order valence-electron chi connectivity index (χ4n) is 3.00. The van der Waals surface area contributed by atoms with E-state index in [0.717, 1.165) is 16.7 Å². The zero-order valence-corrected chi connectivity index (χ0v) is 14.1. The van der Waals surface area contributed by atoms with Crippen molar-refractivity contribution >= 4 is 11.8 Å². The van der Waals surface area contributed by atoms with E-state index in [0.29, 0.717) is 5.56 Å². The number of aliphatic hydroxyl groups excluding tert-OH is 1. The van der Waals surface area contributed by atoms with Crippen LogP contribution in [0.5, 0.6) is 0 Å². The summed E-state index contributed by atoms with van der Waals surface area (Å²) in [5.74, 6) is 4.92. The molecule has 3 N–H and O–H groups in total. The normalized spacial score (nSPS) is 14.9. The molecule has 26 heavy (non-hydrogen) atoms. The molecule has 0 saturated heterocycles. The van der Waals surface area contributed by atoms with E-state index in [2.05, 4.69) is 11.8 Å². The van der Waals surface area contributed by atoms with Crippen molar-refractivity contribution in [2.24, 2.45) is 0 Å². The molecular formula is C20H18N2O4. The summed E-state index contributed by atoms with van der Waals surface area (Å²) in [7, 11) is 0. The first-order valence-electron chi connectivity index (χ1n) is 8.14. The minimum atomic E-state index is -1.17. The summed E-state index contributed by atoms with van der Waals surface area (Å²) in [5.41, 5.74) is 4.34. The lowest BCUT2D eigenvalue weighted by Gasteiger charge is -2.27. The number of rotatable bonds is 3. The fourth-order valence-corrected chi connectivity index (χ4v) is 3.00. The van der Waals surface area contributed by atoms with Gasteiger partial charge in [-0.25, -0.2) is 5.48 Å². The van der Waals surface area contributed by atoms with Gasteiger partial charge in [-0.3, -0.25) is 14.8 Å². The Labute approximate surface area is 151 Å². The second-order valence-electron chi connectivity index (χ2n) is 6.08. The maximum atomic E-state index is 12.6. The second kappa shape index (κ2) is 7.40. The molecular weight excluding hydrogens is 332 g/mol. The summed E-state index contributed by atoms with van der Waals surface area (Å²) in [6.45, 7) is 1.56. The molecule has 0 spiro atoms. The van der Waals surface area contributed by atoms with Crippen molar-refractivity contribution in [3.05, 3.63) is 70.8 Å². The number of nitrogens with zero attached hydrogens (tertiary/aromatic N) is 1. The lowest BCUT2D eigenvalue weighted by molar-refractivity contribution is -0.137. The zero-order chi connectivity index (χ0) is 18.7. The van der Waals surface area contributed by atoms with Gasteiger partial charge in [-0.15, -0.1) is 0 Å². The zero-order valence-electron chi connectivity index (χ0n) is 14.1. The molecule has 1 aliphatic heterocycles. The highest BCUT2D eigenvalue weighted by Gasteiger charge is 2.38. The minimum Gasteiger partial charge on any atom is -0.391 e. The van der Waals surface area contributed by atoms with Crippen LogP contribution >= 0.6 is 0 Å². The number of carbonyl (C=O) groups is 2. The van der Waals surface area contributed by atoms with Crippen molar-refractivity contribution in [1.82, 2.24) is 10.4 Å². The number of fused-ring (bicyclic) bond motifs is 1. The van der Waals surface area contributed by atoms with Crippen molar-refractivity contribution < 1.29 is 19.9 Å². The first-order valence-corrected chi connectivity index (χ1v) is 8.14. The molecule has 0 aliphatic carbocycles. The number of carbonyl (C=O) groups excluding carboxylic acids is 2. The predicted molar refractivity (Wildman–Crippen MR) is 94.1 cm³/mol. The van der Waals surface area contributed by atoms with E-state index in [1.54, 1.807) is 18.2 Å². The number of aliphatic hydroxyl groups is 1. The topological polar surface area (TPSA) is 89.9 Å². The Morgan fingerprint density at radius 2 is 1.85 bits per heavy atom.